The van der Waals surface area contributed by atoms with E-state index in [1.165, 1.54) is 30.5 Å². The molecule has 2 aromatic carbocycles. The number of fused-ring (bicyclic) bond motifs is 2. The standard InChI is InChI=1S/C38H32ClF10N7O2S2/c1-35(2,60(4)58)11-9-22-5-6-23(24-7-8-26(39)29-31(24)56(18-37(44,45)46)53-34(29)54-59-3)30(50-22)27(15-19-13-20(40)16-21(41)14-19)51-28(57)17-55-33-25(10-12-36(33,42)43)32(52-55)38(47,48)49/h5-8,13-14,16,27H,10,12,15,17-18H2,1-4H3,(H,51,57)(H,53,54). The average Bonchev–Trinajstić information content (AvgIpc) is 3.78. The molecule has 2 N–H and O–H groups in total. The number of hydrogen-bond donors (Lipinski definition) is 2. The van der Waals surface area contributed by atoms with E-state index < -0.39 is 107 Å². The highest BCUT2D eigenvalue weighted by Crippen LogP contribution is 2.47. The fourth-order valence-corrected chi connectivity index (χ4v) is 7.49. The van der Waals surface area contributed by atoms with Crippen LogP contribution in [-0.4, -0.2) is 58.4 Å². The Hall–Kier alpha value is -4.65. The number of carbonyl (C=O) groups excluding carboxylic acids is 1. The molecule has 1 aliphatic rings. The van der Waals surface area contributed by atoms with Gasteiger partial charge in [-0.15, -0.1) is 0 Å². The topological polar surface area (TPSA) is 113 Å². The van der Waals surface area contributed by atoms with Gasteiger partial charge in [-0.3, -0.25) is 14.2 Å². The Morgan fingerprint density at radius 1 is 1.03 bits per heavy atom. The third-order valence-electron chi connectivity index (χ3n) is 9.47. The molecule has 1 amide bonds. The summed E-state index contributed by atoms with van der Waals surface area (Å²) < 4.78 is 158. The maximum Gasteiger partial charge on any atom is 0.435 e. The molecule has 9 nitrogen and oxygen atoms in total. The first-order valence-corrected chi connectivity index (χ1v) is 20.8. The third kappa shape index (κ3) is 9.61. The predicted octanol–water partition coefficient (Wildman–Crippen LogP) is 9.14. The van der Waals surface area contributed by atoms with Crippen LogP contribution in [0, 0.1) is 23.5 Å². The summed E-state index contributed by atoms with van der Waals surface area (Å²) in [6.07, 6.45) is -9.06. The monoisotopic (exact) mass is 907 g/mol. The van der Waals surface area contributed by atoms with Crippen LogP contribution in [0.15, 0.2) is 42.5 Å². The van der Waals surface area contributed by atoms with Crippen LogP contribution in [0.2, 0.25) is 5.02 Å². The second kappa shape index (κ2) is 16.7. The number of nitrogens with zero attached hydrogens (tertiary/aromatic N) is 5. The van der Waals surface area contributed by atoms with Gasteiger partial charge in [0.2, 0.25) is 5.91 Å². The van der Waals surface area contributed by atoms with Crippen molar-refractivity contribution in [3.05, 3.63) is 93.0 Å². The van der Waals surface area contributed by atoms with E-state index in [9.17, 15) is 44.5 Å². The maximum atomic E-state index is 15.0. The number of alkyl halides is 8. The van der Waals surface area contributed by atoms with E-state index in [0.717, 1.165) is 24.1 Å². The van der Waals surface area contributed by atoms with Gasteiger partial charge in [-0.1, -0.05) is 29.6 Å². The van der Waals surface area contributed by atoms with Crippen LogP contribution in [-0.2, 0) is 54.0 Å². The van der Waals surface area contributed by atoms with Crippen molar-refractivity contribution in [1.82, 2.24) is 29.9 Å². The lowest BCUT2D eigenvalue weighted by Crippen LogP contribution is -2.35. The number of benzene rings is 2. The van der Waals surface area contributed by atoms with Crippen molar-refractivity contribution in [3.63, 3.8) is 0 Å². The number of anilines is 1. The Kier molecular flexibility index (Phi) is 12.5. The van der Waals surface area contributed by atoms with Gasteiger partial charge in [0.05, 0.1) is 33.9 Å². The smallest absolute Gasteiger partial charge is 0.435 e. The van der Waals surface area contributed by atoms with E-state index >= 15 is 8.78 Å². The third-order valence-corrected chi connectivity index (χ3v) is 11.7. The molecule has 22 heteroatoms. The highest BCUT2D eigenvalue weighted by molar-refractivity contribution is 7.99. The highest BCUT2D eigenvalue weighted by Gasteiger charge is 2.50. The molecule has 0 aliphatic heterocycles. The van der Waals surface area contributed by atoms with Gasteiger partial charge in [-0.2, -0.15) is 45.3 Å². The molecule has 1 aliphatic carbocycles. The first-order valence-electron chi connectivity index (χ1n) is 17.6. The van der Waals surface area contributed by atoms with E-state index in [1.54, 1.807) is 20.1 Å². The zero-order valence-electron chi connectivity index (χ0n) is 31.7. The lowest BCUT2D eigenvalue weighted by Gasteiger charge is -2.23. The predicted molar refractivity (Wildman–Crippen MR) is 207 cm³/mol. The van der Waals surface area contributed by atoms with Crippen molar-refractivity contribution in [2.24, 2.45) is 0 Å². The summed E-state index contributed by atoms with van der Waals surface area (Å²) in [7, 11) is 0. The van der Waals surface area contributed by atoms with Gasteiger partial charge in [-0.05, 0) is 85.6 Å². The Morgan fingerprint density at radius 3 is 2.32 bits per heavy atom. The SMILES string of the molecule is CSNc1nn(CC(F)(F)F)c2c(-c3ccc(C#CC(C)(C)[S+](C)[O-])nc3C(Cc3cc(F)cc(F)c3)NC(=O)Cn3nc(C(F)(F)F)c4c3C(F)(F)CC4)ccc(Cl)c12. The molecule has 6 rings (SSSR count). The van der Waals surface area contributed by atoms with Gasteiger partial charge in [-0.25, -0.2) is 13.8 Å². The number of amides is 1. The summed E-state index contributed by atoms with van der Waals surface area (Å²) in [5.41, 5.74) is -3.90. The number of rotatable bonds is 11. The van der Waals surface area contributed by atoms with Crippen molar-refractivity contribution in [2.45, 2.75) is 75.3 Å². The molecule has 60 heavy (non-hydrogen) atoms. The largest absolute Gasteiger partial charge is 0.615 e. The number of carbonyl (C=O) groups is 1. The second-order valence-electron chi connectivity index (χ2n) is 14.2. The van der Waals surface area contributed by atoms with Gasteiger partial charge < -0.3 is 14.6 Å². The van der Waals surface area contributed by atoms with E-state index in [0.29, 0.717) is 10.7 Å². The van der Waals surface area contributed by atoms with Crippen molar-refractivity contribution in [3.8, 4) is 23.0 Å². The second-order valence-corrected chi connectivity index (χ2v) is 17.2. The molecule has 0 spiro atoms. The molecule has 3 aromatic heterocycles. The number of aromatic nitrogens is 5. The molecule has 0 saturated heterocycles. The zero-order valence-corrected chi connectivity index (χ0v) is 34.1. The zero-order chi connectivity index (χ0) is 44.1. The highest BCUT2D eigenvalue weighted by atomic mass is 35.5. The van der Waals surface area contributed by atoms with Gasteiger partial charge in [0.25, 0.3) is 5.92 Å². The molecular weight excluding hydrogens is 876 g/mol. The first-order chi connectivity index (χ1) is 27.9. The average molecular weight is 908 g/mol. The summed E-state index contributed by atoms with van der Waals surface area (Å²) >= 11 is 6.08. The fourth-order valence-electron chi connectivity index (χ4n) is 6.72. The normalized spacial score (nSPS) is 15.1. The van der Waals surface area contributed by atoms with E-state index in [-0.39, 0.29) is 54.5 Å². The number of halogens is 11. The Balaban J connectivity index is 1.58. The molecule has 0 bridgehead atoms. The molecule has 0 fully saturated rings. The van der Waals surface area contributed by atoms with Crippen LogP contribution in [0.5, 0.6) is 0 Å². The number of hydrogen-bond acceptors (Lipinski definition) is 7. The molecule has 5 aromatic rings. The van der Waals surface area contributed by atoms with Gasteiger partial charge in [0, 0.05) is 35.4 Å². The van der Waals surface area contributed by atoms with Gasteiger partial charge in [0.1, 0.15) is 36.1 Å². The minimum Gasteiger partial charge on any atom is -0.615 e. The lowest BCUT2D eigenvalue weighted by atomic mass is 9.93. The molecule has 0 radical (unpaired) electrons. The van der Waals surface area contributed by atoms with Crippen LogP contribution in [0.4, 0.5) is 49.7 Å². The fraction of sp³-hybridized carbons (Fsp3) is 0.368. The summed E-state index contributed by atoms with van der Waals surface area (Å²) in [5.74, 6) is -1.45. The van der Waals surface area contributed by atoms with Crippen molar-refractivity contribution in [1.29, 1.82) is 0 Å². The number of nitrogens with one attached hydrogen (secondary N) is 2. The summed E-state index contributed by atoms with van der Waals surface area (Å²) in [5, 5.41) is 10.0. The minimum absolute atomic E-state index is 0.00705. The summed E-state index contributed by atoms with van der Waals surface area (Å²) in [4.78, 5) is 18.5. The van der Waals surface area contributed by atoms with E-state index in [4.69, 9.17) is 11.6 Å². The van der Waals surface area contributed by atoms with Crippen LogP contribution >= 0.6 is 23.5 Å². The van der Waals surface area contributed by atoms with Gasteiger partial charge in [0.15, 0.2) is 16.3 Å². The molecular formula is C38H32ClF10N7O2S2. The van der Waals surface area contributed by atoms with Crippen molar-refractivity contribution < 1.29 is 53.3 Å². The quantitative estimate of drug-likeness (QED) is 0.0589. The van der Waals surface area contributed by atoms with Gasteiger partial charge >= 0.3 is 12.4 Å². The Morgan fingerprint density at radius 2 is 1.70 bits per heavy atom. The first kappa shape index (κ1) is 44.9. The summed E-state index contributed by atoms with van der Waals surface area (Å²) in [6.45, 7) is 0.392. The van der Waals surface area contributed by atoms with Crippen LogP contribution in [0.3, 0.4) is 0 Å². The maximum absolute atomic E-state index is 15.0. The number of pyridine rings is 1. The van der Waals surface area contributed by atoms with Crippen LogP contribution < -0.4 is 10.0 Å². The Labute approximate surface area is 347 Å². The van der Waals surface area contributed by atoms with Crippen molar-refractivity contribution in [2.75, 3.05) is 17.2 Å². The lowest BCUT2D eigenvalue weighted by molar-refractivity contribution is -0.142. The van der Waals surface area contributed by atoms with E-state index in [1.807, 2.05) is 0 Å². The van der Waals surface area contributed by atoms with E-state index in [2.05, 4.69) is 37.1 Å². The molecule has 0 saturated carbocycles. The van der Waals surface area contributed by atoms with Crippen LogP contribution in [0.1, 0.15) is 60.2 Å². The summed E-state index contributed by atoms with van der Waals surface area (Å²) in [6, 6.07) is 6.35. The minimum atomic E-state index is -5.14. The molecule has 320 valence electrons. The van der Waals surface area contributed by atoms with Crippen LogP contribution in [0.25, 0.3) is 22.0 Å². The Bertz CT molecular complexity index is 2510. The molecule has 2 unspecified atom stereocenters. The molecule has 2 atom stereocenters. The molecule has 3 heterocycles. The van der Waals surface area contributed by atoms with Crippen molar-refractivity contribution >= 4 is 57.4 Å².